The lowest BCUT2D eigenvalue weighted by Crippen LogP contribution is -2.58. The van der Waals surface area contributed by atoms with Gasteiger partial charge in [-0.15, -0.1) is 24.9 Å². The van der Waals surface area contributed by atoms with Crippen molar-refractivity contribution in [2.45, 2.75) is 61.6 Å². The molecule has 1 spiro atoms. The number of para-hydroxylation sites is 1. The summed E-state index contributed by atoms with van der Waals surface area (Å²) in [6.07, 6.45) is 5.17. The number of amides is 3. The van der Waals surface area contributed by atoms with E-state index in [0.29, 0.717) is 19.4 Å². The first-order valence-electron chi connectivity index (χ1n) is 15.1. The van der Waals surface area contributed by atoms with Gasteiger partial charge in [-0.25, -0.2) is 0 Å². The van der Waals surface area contributed by atoms with Crippen molar-refractivity contribution in [2.24, 2.45) is 11.8 Å². The van der Waals surface area contributed by atoms with Gasteiger partial charge in [-0.2, -0.15) is 0 Å². The number of nitrogens with zero attached hydrogens (tertiary/aromatic N) is 3. The van der Waals surface area contributed by atoms with Crippen molar-refractivity contribution in [3.8, 4) is 0 Å². The highest BCUT2D eigenvalue weighted by Gasteiger charge is 2.78. The molecule has 3 aliphatic heterocycles. The molecule has 2 bridgehead atoms. The molecule has 2 aromatic rings. The second kappa shape index (κ2) is 12.0. The highest BCUT2D eigenvalue weighted by atomic mass is 32.2. The summed E-state index contributed by atoms with van der Waals surface area (Å²) in [6.45, 7) is 14.2. The number of rotatable bonds is 11. The van der Waals surface area contributed by atoms with Crippen molar-refractivity contribution in [3.05, 3.63) is 90.5 Å². The van der Waals surface area contributed by atoms with Crippen LogP contribution in [0.25, 0.3) is 0 Å². The van der Waals surface area contributed by atoms with Crippen LogP contribution in [0.15, 0.2) is 73.8 Å². The van der Waals surface area contributed by atoms with Crippen LogP contribution in [0, 0.1) is 25.7 Å². The van der Waals surface area contributed by atoms with Crippen LogP contribution < -0.4 is 4.90 Å². The van der Waals surface area contributed by atoms with Crippen molar-refractivity contribution >= 4 is 35.2 Å². The van der Waals surface area contributed by atoms with E-state index < -0.39 is 33.4 Å². The molecule has 0 saturated carbocycles. The number of aryl methyl sites for hydroxylation is 2. The predicted molar refractivity (Wildman–Crippen MR) is 173 cm³/mol. The first kappa shape index (κ1) is 31.1. The highest BCUT2D eigenvalue weighted by molar-refractivity contribution is 8.02. The molecule has 0 aromatic heterocycles. The third kappa shape index (κ3) is 5.02. The summed E-state index contributed by atoms with van der Waals surface area (Å²) >= 11 is 1.65. The molecule has 3 aliphatic rings. The lowest BCUT2D eigenvalue weighted by atomic mass is 9.66. The van der Waals surface area contributed by atoms with E-state index in [-0.39, 0.29) is 30.9 Å². The molecule has 8 heteroatoms. The van der Waals surface area contributed by atoms with E-state index in [2.05, 4.69) is 20.1 Å². The molecular weight excluding hydrogens is 558 g/mol. The highest BCUT2D eigenvalue weighted by Crippen LogP contribution is 2.72. The van der Waals surface area contributed by atoms with Gasteiger partial charge in [0.1, 0.15) is 6.04 Å². The summed E-state index contributed by atoms with van der Waals surface area (Å²) in [7, 11) is 1.75. The number of thioether (sulfide) groups is 1. The number of carbonyl (C=O) groups is 3. The number of aliphatic hydroxyl groups is 1. The maximum Gasteiger partial charge on any atom is 0.251 e. The van der Waals surface area contributed by atoms with E-state index in [0.717, 1.165) is 28.8 Å². The summed E-state index contributed by atoms with van der Waals surface area (Å²) < 4.78 is -1.27. The molecule has 3 heterocycles. The van der Waals surface area contributed by atoms with Crippen LogP contribution in [0.2, 0.25) is 0 Å². The summed E-state index contributed by atoms with van der Waals surface area (Å²) in [6, 6.07) is 14.2. The number of anilines is 1. The molecule has 2 unspecified atom stereocenters. The van der Waals surface area contributed by atoms with Gasteiger partial charge < -0.3 is 19.8 Å². The Morgan fingerprint density at radius 3 is 2.30 bits per heavy atom. The van der Waals surface area contributed by atoms with Gasteiger partial charge >= 0.3 is 0 Å². The molecule has 43 heavy (non-hydrogen) atoms. The molecule has 1 N–H and O–H groups in total. The van der Waals surface area contributed by atoms with Gasteiger partial charge in [0.05, 0.1) is 29.2 Å². The Hall–Kier alpha value is -3.36. The Morgan fingerprint density at radius 2 is 1.70 bits per heavy atom. The standard InChI is InChI=1S/C35H43N3O4S/c1-7-19-36(6)31(40)27-28-32(41)38(26(22-39)21-25-15-10-9-11-16-25)30(35(28)18-17-34(27,5)43-35)33(42)37(20-8-2)29-23(3)13-12-14-24(29)4/h7-16,26-28,30,39H,1-2,17-22H2,3-6H3/t26-,27+,28+,30?,34-,35?/m1/s1. The van der Waals surface area contributed by atoms with Crippen LogP contribution in [0.3, 0.4) is 0 Å². The fourth-order valence-electron chi connectivity index (χ4n) is 7.87. The molecule has 2 aromatic carbocycles. The third-order valence-corrected chi connectivity index (χ3v) is 11.7. The number of hydrogen-bond acceptors (Lipinski definition) is 5. The Bertz CT molecular complexity index is 1410. The molecule has 3 saturated heterocycles. The van der Waals surface area contributed by atoms with Crippen LogP contribution in [-0.2, 0) is 20.8 Å². The summed E-state index contributed by atoms with van der Waals surface area (Å²) in [5, 5.41) is 10.8. The Kier molecular flexibility index (Phi) is 8.65. The number of carbonyl (C=O) groups excluding carboxylic acids is 3. The molecule has 3 fully saturated rings. The Balaban J connectivity index is 1.66. The second-order valence-corrected chi connectivity index (χ2v) is 14.4. The zero-order chi connectivity index (χ0) is 31.1. The van der Waals surface area contributed by atoms with E-state index in [1.807, 2.05) is 62.4 Å². The fraction of sp³-hybridized carbons (Fsp3) is 0.457. The number of aliphatic hydroxyl groups excluding tert-OH is 1. The van der Waals surface area contributed by atoms with E-state index in [4.69, 9.17) is 0 Å². The number of hydrogen-bond donors (Lipinski definition) is 1. The summed E-state index contributed by atoms with van der Waals surface area (Å²) in [5.41, 5.74) is 3.69. The number of likely N-dealkylation sites (N-methyl/N-ethyl adjacent to an activating group) is 1. The van der Waals surface area contributed by atoms with Crippen LogP contribution in [0.5, 0.6) is 0 Å². The summed E-state index contributed by atoms with van der Waals surface area (Å²) in [5.74, 6) is -1.74. The molecule has 228 valence electrons. The first-order chi connectivity index (χ1) is 20.5. The molecule has 0 aliphatic carbocycles. The molecule has 5 rings (SSSR count). The van der Waals surface area contributed by atoms with Gasteiger partial charge in [0.25, 0.3) is 5.91 Å². The van der Waals surface area contributed by atoms with Crippen LogP contribution in [0.1, 0.15) is 36.5 Å². The predicted octanol–water partition coefficient (Wildman–Crippen LogP) is 4.55. The van der Waals surface area contributed by atoms with Crippen molar-refractivity contribution in [1.29, 1.82) is 0 Å². The SMILES string of the molecule is C=CCN(C)C(=O)[C@@H]1[C@H]2C(=O)N([C@@H](CO)Cc3ccccc3)C(C(=O)N(CC=C)c3c(C)cccc3C)C23CC[C@@]1(C)S3. The van der Waals surface area contributed by atoms with Gasteiger partial charge in [0.2, 0.25) is 11.8 Å². The first-order valence-corrected chi connectivity index (χ1v) is 15.9. The lowest BCUT2D eigenvalue weighted by molar-refractivity contribution is -0.145. The maximum atomic E-state index is 15.1. The average molecular weight is 602 g/mol. The second-order valence-electron chi connectivity index (χ2n) is 12.5. The topological polar surface area (TPSA) is 81.2 Å². The zero-order valence-electron chi connectivity index (χ0n) is 25.7. The van der Waals surface area contributed by atoms with Gasteiger partial charge in [0.15, 0.2) is 0 Å². The monoisotopic (exact) mass is 601 g/mol. The van der Waals surface area contributed by atoms with E-state index >= 15 is 4.79 Å². The number of fused-ring (bicyclic) bond motifs is 1. The van der Waals surface area contributed by atoms with Crippen LogP contribution in [0.4, 0.5) is 5.69 Å². The maximum absolute atomic E-state index is 15.1. The molecule has 6 atom stereocenters. The molecule has 7 nitrogen and oxygen atoms in total. The number of likely N-dealkylation sites (tertiary alicyclic amines) is 1. The molecule has 0 radical (unpaired) electrons. The smallest absolute Gasteiger partial charge is 0.251 e. The van der Waals surface area contributed by atoms with Crippen LogP contribution >= 0.6 is 11.8 Å². The van der Waals surface area contributed by atoms with Crippen molar-refractivity contribution in [2.75, 3.05) is 31.6 Å². The van der Waals surface area contributed by atoms with Crippen LogP contribution in [-0.4, -0.2) is 80.9 Å². The van der Waals surface area contributed by atoms with Gasteiger partial charge in [-0.3, -0.25) is 14.4 Å². The van der Waals surface area contributed by atoms with Crippen molar-refractivity contribution in [1.82, 2.24) is 9.80 Å². The van der Waals surface area contributed by atoms with Crippen molar-refractivity contribution in [3.63, 3.8) is 0 Å². The largest absolute Gasteiger partial charge is 0.394 e. The quantitative estimate of drug-likeness (QED) is 0.383. The number of benzene rings is 2. The normalized spacial score (nSPS) is 28.0. The molecular formula is C35H43N3O4S. The minimum atomic E-state index is -0.848. The Labute approximate surface area is 259 Å². The van der Waals surface area contributed by atoms with E-state index in [1.165, 1.54) is 0 Å². The minimum absolute atomic E-state index is 0.0934. The minimum Gasteiger partial charge on any atom is -0.394 e. The van der Waals surface area contributed by atoms with Gasteiger partial charge in [-0.1, -0.05) is 60.7 Å². The zero-order valence-corrected chi connectivity index (χ0v) is 26.5. The summed E-state index contributed by atoms with van der Waals surface area (Å²) in [4.78, 5) is 48.9. The Morgan fingerprint density at radius 1 is 1.05 bits per heavy atom. The lowest BCUT2D eigenvalue weighted by Gasteiger charge is -2.40. The third-order valence-electron chi connectivity index (χ3n) is 9.70. The van der Waals surface area contributed by atoms with Crippen molar-refractivity contribution < 1.29 is 19.5 Å². The van der Waals surface area contributed by atoms with E-state index in [9.17, 15) is 14.7 Å². The molecule has 3 amide bonds. The van der Waals surface area contributed by atoms with Gasteiger partial charge in [-0.05, 0) is 56.7 Å². The van der Waals surface area contributed by atoms with Gasteiger partial charge in [0, 0.05) is 30.6 Å². The fourth-order valence-corrected chi connectivity index (χ4v) is 10.2. The van der Waals surface area contributed by atoms with E-state index in [1.54, 1.807) is 45.7 Å². The average Bonchev–Trinajstić information content (AvgIpc) is 3.56.